The van der Waals surface area contributed by atoms with Gasteiger partial charge >= 0.3 is 5.97 Å². The second kappa shape index (κ2) is 5.63. The average Bonchev–Trinajstić information content (AvgIpc) is 2.88. The fourth-order valence-corrected chi connectivity index (χ4v) is 4.44. The summed E-state index contributed by atoms with van der Waals surface area (Å²) in [6.07, 6.45) is 0.841. The van der Waals surface area contributed by atoms with E-state index in [0.29, 0.717) is 12.8 Å². The molecule has 1 fully saturated rings. The van der Waals surface area contributed by atoms with Gasteiger partial charge in [0.2, 0.25) is 15.9 Å². The molecule has 114 valence electrons. The van der Waals surface area contributed by atoms with E-state index in [0.717, 1.165) is 10.4 Å². The van der Waals surface area contributed by atoms with Crippen molar-refractivity contribution in [2.24, 2.45) is 5.73 Å². The van der Waals surface area contributed by atoms with E-state index in [1.165, 1.54) is 12.1 Å². The maximum absolute atomic E-state index is 12.6. The molecule has 0 saturated carbocycles. The number of amides is 1. The molecule has 1 aromatic rings. The van der Waals surface area contributed by atoms with Gasteiger partial charge in [-0.2, -0.15) is 4.31 Å². The molecular weight excluding hydrogens is 320 g/mol. The van der Waals surface area contributed by atoms with E-state index >= 15 is 0 Å². The van der Waals surface area contributed by atoms with Gasteiger partial charge in [0.25, 0.3) is 0 Å². The number of benzene rings is 1. The van der Waals surface area contributed by atoms with Gasteiger partial charge in [-0.25, -0.2) is 13.2 Å². The number of aromatic carboxylic acids is 1. The van der Waals surface area contributed by atoms with Crippen LogP contribution in [-0.2, 0) is 14.8 Å². The number of carbonyl (C=O) groups excluding carboxylic acids is 1. The Morgan fingerprint density at radius 3 is 2.62 bits per heavy atom. The van der Waals surface area contributed by atoms with E-state index in [-0.39, 0.29) is 22.0 Å². The third kappa shape index (κ3) is 2.87. The van der Waals surface area contributed by atoms with E-state index < -0.39 is 27.9 Å². The molecule has 1 atom stereocenters. The molecule has 0 bridgehead atoms. The maximum atomic E-state index is 12.6. The normalized spacial score (nSPS) is 19.6. The van der Waals surface area contributed by atoms with Crippen LogP contribution in [0.1, 0.15) is 23.2 Å². The second-order valence-corrected chi connectivity index (χ2v) is 6.89. The molecule has 0 unspecified atom stereocenters. The number of rotatable bonds is 4. The zero-order valence-electron chi connectivity index (χ0n) is 10.8. The summed E-state index contributed by atoms with van der Waals surface area (Å²) in [5, 5.41) is 8.84. The van der Waals surface area contributed by atoms with Gasteiger partial charge in [0.15, 0.2) is 0 Å². The van der Waals surface area contributed by atoms with Crippen molar-refractivity contribution in [3.63, 3.8) is 0 Å². The molecule has 0 aliphatic carbocycles. The first-order valence-corrected chi connectivity index (χ1v) is 7.91. The van der Waals surface area contributed by atoms with E-state index in [1.54, 1.807) is 0 Å². The summed E-state index contributed by atoms with van der Waals surface area (Å²) in [6.45, 7) is 0.142. The predicted octanol–water partition coefficient (Wildman–Crippen LogP) is 0.677. The first kappa shape index (κ1) is 15.7. The lowest BCUT2D eigenvalue weighted by Gasteiger charge is -2.22. The molecule has 0 radical (unpaired) electrons. The number of sulfonamides is 1. The number of carboxylic acid groups (broad SMARTS) is 1. The Kier molecular flexibility index (Phi) is 4.22. The van der Waals surface area contributed by atoms with Crippen LogP contribution in [0.2, 0.25) is 5.02 Å². The van der Waals surface area contributed by atoms with E-state index in [2.05, 4.69) is 0 Å². The molecule has 2 rings (SSSR count). The van der Waals surface area contributed by atoms with E-state index in [1.807, 2.05) is 0 Å². The molecule has 0 spiro atoms. The quantitative estimate of drug-likeness (QED) is 0.840. The first-order chi connectivity index (χ1) is 9.75. The number of hydrogen-bond acceptors (Lipinski definition) is 4. The van der Waals surface area contributed by atoms with Crippen molar-refractivity contribution in [2.75, 3.05) is 6.54 Å². The zero-order valence-corrected chi connectivity index (χ0v) is 12.4. The summed E-state index contributed by atoms with van der Waals surface area (Å²) in [5.41, 5.74) is 5.01. The Bertz CT molecular complexity index is 704. The molecule has 1 aliphatic heterocycles. The van der Waals surface area contributed by atoms with Crippen molar-refractivity contribution < 1.29 is 23.1 Å². The van der Waals surface area contributed by atoms with Crippen LogP contribution in [0.3, 0.4) is 0 Å². The minimum Gasteiger partial charge on any atom is -0.478 e. The van der Waals surface area contributed by atoms with Crippen molar-refractivity contribution in [1.82, 2.24) is 4.31 Å². The predicted molar refractivity (Wildman–Crippen MR) is 74.5 cm³/mol. The molecule has 1 heterocycles. The van der Waals surface area contributed by atoms with Crippen molar-refractivity contribution in [3.8, 4) is 0 Å². The van der Waals surface area contributed by atoms with Gasteiger partial charge in [-0.1, -0.05) is 11.6 Å². The Balaban J connectivity index is 2.51. The largest absolute Gasteiger partial charge is 0.478 e. The molecule has 9 heteroatoms. The van der Waals surface area contributed by atoms with Crippen molar-refractivity contribution in [3.05, 3.63) is 28.8 Å². The van der Waals surface area contributed by atoms with Gasteiger partial charge in [-0.05, 0) is 31.0 Å². The van der Waals surface area contributed by atoms with Crippen LogP contribution in [0.15, 0.2) is 23.1 Å². The minimum atomic E-state index is -4.08. The van der Waals surface area contributed by atoms with Crippen LogP contribution in [0, 0.1) is 0 Å². The molecule has 1 aliphatic rings. The maximum Gasteiger partial charge on any atom is 0.335 e. The van der Waals surface area contributed by atoms with Crippen LogP contribution >= 0.6 is 11.6 Å². The van der Waals surface area contributed by atoms with Crippen molar-refractivity contribution >= 4 is 33.5 Å². The summed E-state index contributed by atoms with van der Waals surface area (Å²) in [5.74, 6) is -2.00. The first-order valence-electron chi connectivity index (χ1n) is 6.09. The number of hydrogen-bond donors (Lipinski definition) is 2. The molecule has 0 aromatic heterocycles. The van der Waals surface area contributed by atoms with E-state index in [9.17, 15) is 18.0 Å². The average molecular weight is 333 g/mol. The van der Waals surface area contributed by atoms with Crippen molar-refractivity contribution in [2.45, 2.75) is 23.8 Å². The zero-order chi connectivity index (χ0) is 15.8. The fourth-order valence-electron chi connectivity index (χ4n) is 2.27. The summed E-state index contributed by atoms with van der Waals surface area (Å²) in [7, 11) is -4.08. The highest BCUT2D eigenvalue weighted by Gasteiger charge is 2.39. The summed E-state index contributed by atoms with van der Waals surface area (Å²) < 4.78 is 26.1. The van der Waals surface area contributed by atoms with Crippen molar-refractivity contribution in [1.29, 1.82) is 0 Å². The van der Waals surface area contributed by atoms with Crippen LogP contribution < -0.4 is 5.73 Å². The number of nitrogens with two attached hydrogens (primary N) is 1. The van der Waals surface area contributed by atoms with Gasteiger partial charge in [0, 0.05) is 6.54 Å². The SMILES string of the molecule is NC(=O)[C@H]1CCCN1S(=O)(=O)c1cc(C(=O)O)ccc1Cl. The van der Waals surface area contributed by atoms with Crippen LogP contribution in [0.4, 0.5) is 0 Å². The highest BCUT2D eigenvalue weighted by Crippen LogP contribution is 2.30. The van der Waals surface area contributed by atoms with Gasteiger partial charge in [0.05, 0.1) is 10.6 Å². The smallest absolute Gasteiger partial charge is 0.335 e. The molecule has 7 nitrogen and oxygen atoms in total. The van der Waals surface area contributed by atoms with Gasteiger partial charge < -0.3 is 10.8 Å². The summed E-state index contributed by atoms with van der Waals surface area (Å²) >= 11 is 5.88. The number of primary amides is 1. The summed E-state index contributed by atoms with van der Waals surface area (Å²) in [6, 6.07) is 2.46. The Hall–Kier alpha value is -1.64. The number of nitrogens with zero attached hydrogens (tertiary/aromatic N) is 1. The molecule has 1 amide bonds. The lowest BCUT2D eigenvalue weighted by Crippen LogP contribution is -2.43. The number of carboxylic acids is 1. The monoisotopic (exact) mass is 332 g/mol. The standard InChI is InChI=1S/C12H13ClN2O5S/c13-8-4-3-7(12(17)18)6-10(8)21(19,20)15-5-1-2-9(15)11(14)16/h3-4,6,9H,1-2,5H2,(H2,14,16)(H,17,18)/t9-/m1/s1. The molecular formula is C12H13ClN2O5S. The van der Waals surface area contributed by atoms with Crippen LogP contribution in [-0.4, -0.2) is 42.3 Å². The topological polar surface area (TPSA) is 118 Å². The van der Waals surface area contributed by atoms with Crippen LogP contribution in [0.25, 0.3) is 0 Å². The lowest BCUT2D eigenvalue weighted by atomic mass is 10.2. The van der Waals surface area contributed by atoms with Gasteiger partial charge in [0.1, 0.15) is 10.9 Å². The minimum absolute atomic E-state index is 0.102. The van der Waals surface area contributed by atoms with Gasteiger partial charge in [-0.3, -0.25) is 4.79 Å². The highest BCUT2D eigenvalue weighted by molar-refractivity contribution is 7.89. The fraction of sp³-hybridized carbons (Fsp3) is 0.333. The molecule has 1 aromatic carbocycles. The van der Waals surface area contributed by atoms with Gasteiger partial charge in [-0.15, -0.1) is 0 Å². The van der Waals surface area contributed by atoms with Crippen LogP contribution in [0.5, 0.6) is 0 Å². The summed E-state index contributed by atoms with van der Waals surface area (Å²) in [4.78, 5) is 22.0. The Labute approximate surface area is 126 Å². The van der Waals surface area contributed by atoms with E-state index in [4.69, 9.17) is 22.4 Å². The number of halogens is 1. The highest BCUT2D eigenvalue weighted by atomic mass is 35.5. The molecule has 3 N–H and O–H groups in total. The Morgan fingerprint density at radius 2 is 2.05 bits per heavy atom. The molecule has 1 saturated heterocycles. The second-order valence-electron chi connectivity index (χ2n) is 4.63. The third-order valence-electron chi connectivity index (χ3n) is 3.30. The lowest BCUT2D eigenvalue weighted by molar-refractivity contribution is -0.121. The number of carbonyl (C=O) groups is 2. The molecule has 21 heavy (non-hydrogen) atoms. The third-order valence-corrected chi connectivity index (χ3v) is 5.69. The Morgan fingerprint density at radius 1 is 1.38 bits per heavy atom.